The summed E-state index contributed by atoms with van der Waals surface area (Å²) in [4.78, 5) is 3.62. The second-order valence-electron chi connectivity index (χ2n) is 8.36. The van der Waals surface area contributed by atoms with Gasteiger partial charge in [0.05, 0.1) is 12.0 Å². The molecule has 0 saturated heterocycles. The summed E-state index contributed by atoms with van der Waals surface area (Å²) < 4.78 is 5.57. The number of nitriles is 1. The van der Waals surface area contributed by atoms with Gasteiger partial charge in [-0.2, -0.15) is 5.26 Å². The molecule has 158 valence electrons. The van der Waals surface area contributed by atoms with Crippen LogP contribution in [0, 0.1) is 18.3 Å². The van der Waals surface area contributed by atoms with E-state index in [4.69, 9.17) is 10.5 Å². The van der Waals surface area contributed by atoms with E-state index < -0.39 is 0 Å². The van der Waals surface area contributed by atoms with E-state index >= 15 is 0 Å². The molecule has 0 saturated carbocycles. The lowest BCUT2D eigenvalue weighted by Gasteiger charge is -2.26. The fraction of sp³-hybridized carbons (Fsp3) is 0.200. The zero-order valence-corrected chi connectivity index (χ0v) is 17.6. The van der Waals surface area contributed by atoms with Gasteiger partial charge >= 0.3 is 0 Å². The number of nitrogens with one attached hydrogen (secondary N) is 3. The lowest BCUT2D eigenvalue weighted by Crippen LogP contribution is -2.30. The van der Waals surface area contributed by atoms with Crippen molar-refractivity contribution in [2.24, 2.45) is 5.73 Å². The first-order chi connectivity index (χ1) is 15.7. The predicted molar refractivity (Wildman–Crippen MR) is 121 cm³/mol. The van der Waals surface area contributed by atoms with Crippen LogP contribution < -0.4 is 15.8 Å². The van der Waals surface area contributed by atoms with E-state index in [1.165, 1.54) is 27.7 Å². The Hall–Kier alpha value is -4.02. The number of ether oxygens (including phenoxy) is 1. The molecule has 0 aliphatic carbocycles. The van der Waals surface area contributed by atoms with Crippen molar-refractivity contribution in [2.75, 3.05) is 6.54 Å². The Balaban J connectivity index is 1.41. The first-order valence-corrected chi connectivity index (χ1v) is 10.7. The van der Waals surface area contributed by atoms with Crippen LogP contribution in [0.3, 0.4) is 0 Å². The minimum absolute atomic E-state index is 0.0946. The highest BCUT2D eigenvalue weighted by atomic mass is 16.5. The van der Waals surface area contributed by atoms with Gasteiger partial charge in [-0.15, -0.1) is 5.10 Å². The first-order valence-electron chi connectivity index (χ1n) is 10.7. The highest BCUT2D eigenvalue weighted by molar-refractivity contribution is 5.85. The number of fused-ring (bicyclic) bond motifs is 4. The van der Waals surface area contributed by atoms with Gasteiger partial charge in [-0.1, -0.05) is 42.5 Å². The van der Waals surface area contributed by atoms with Crippen LogP contribution in [0.1, 0.15) is 45.6 Å². The average molecular weight is 422 g/mol. The maximum absolute atomic E-state index is 9.77. The van der Waals surface area contributed by atoms with E-state index in [0.29, 0.717) is 11.5 Å². The van der Waals surface area contributed by atoms with Crippen molar-refractivity contribution in [2.45, 2.75) is 25.3 Å². The molecule has 2 unspecified atom stereocenters. The predicted octanol–water partition coefficient (Wildman–Crippen LogP) is 3.65. The van der Waals surface area contributed by atoms with E-state index in [9.17, 15) is 5.26 Å². The number of aryl methyl sites for hydroxylation is 1. The molecule has 0 bridgehead atoms. The summed E-state index contributed by atoms with van der Waals surface area (Å²) in [5.41, 5.74) is 14.1. The van der Waals surface area contributed by atoms with Gasteiger partial charge in [0.25, 0.3) is 0 Å². The van der Waals surface area contributed by atoms with E-state index in [-0.39, 0.29) is 17.8 Å². The molecule has 0 fully saturated rings. The summed E-state index contributed by atoms with van der Waals surface area (Å²) in [5.74, 6) is 0.237. The second-order valence-corrected chi connectivity index (χ2v) is 8.36. The standard InChI is InChI=1S/C25H22N6O/c1-13-20-21(18(12-26)24(27)32-25(20)31-30-13)14-6-8-15(9-7-14)22-23-17(10-11-28-22)16-4-2-3-5-19(16)29-23/h2-9,21-22,28-29H,10-11,27H2,1H3,(H,30,31). The summed E-state index contributed by atoms with van der Waals surface area (Å²) in [6.07, 6.45) is 1.01. The molecule has 0 amide bonds. The zero-order chi connectivity index (χ0) is 21.8. The molecule has 5 N–H and O–H groups in total. The number of nitrogens with zero attached hydrogens (tertiary/aromatic N) is 2. The molecule has 32 heavy (non-hydrogen) atoms. The van der Waals surface area contributed by atoms with Gasteiger partial charge in [0.15, 0.2) is 0 Å². The van der Waals surface area contributed by atoms with Crippen molar-refractivity contribution in [1.82, 2.24) is 20.5 Å². The van der Waals surface area contributed by atoms with Crippen LogP contribution in [-0.2, 0) is 6.42 Å². The summed E-state index contributed by atoms with van der Waals surface area (Å²) in [5, 5.41) is 21.9. The molecule has 2 aromatic heterocycles. The largest absolute Gasteiger partial charge is 0.420 e. The minimum atomic E-state index is -0.306. The van der Waals surface area contributed by atoms with Crippen molar-refractivity contribution in [3.8, 4) is 11.9 Å². The molecule has 2 aromatic carbocycles. The Morgan fingerprint density at radius 3 is 2.72 bits per heavy atom. The Morgan fingerprint density at radius 1 is 1.12 bits per heavy atom. The molecule has 6 rings (SSSR count). The van der Waals surface area contributed by atoms with Crippen molar-refractivity contribution < 1.29 is 4.74 Å². The number of hydrogen-bond acceptors (Lipinski definition) is 5. The van der Waals surface area contributed by atoms with Crippen LogP contribution in [0.5, 0.6) is 5.88 Å². The molecule has 7 nitrogen and oxygen atoms in total. The normalized spacial score (nSPS) is 19.9. The second kappa shape index (κ2) is 7.01. The van der Waals surface area contributed by atoms with E-state index in [0.717, 1.165) is 29.8 Å². The fourth-order valence-corrected chi connectivity index (χ4v) is 5.08. The van der Waals surface area contributed by atoms with Gasteiger partial charge in [0.2, 0.25) is 11.8 Å². The molecule has 2 aliphatic rings. The van der Waals surface area contributed by atoms with Gasteiger partial charge < -0.3 is 20.8 Å². The molecular weight excluding hydrogens is 400 g/mol. The fourth-order valence-electron chi connectivity index (χ4n) is 5.08. The monoisotopic (exact) mass is 422 g/mol. The Bertz CT molecular complexity index is 1420. The molecule has 4 heterocycles. The number of H-pyrrole nitrogens is 2. The van der Waals surface area contributed by atoms with Crippen molar-refractivity contribution in [3.63, 3.8) is 0 Å². The molecule has 0 radical (unpaired) electrons. The number of nitrogens with two attached hydrogens (primary N) is 1. The SMILES string of the molecule is Cc1[nH]nc2c1C(c1ccc(C3NCCc4c3[nH]c3ccccc43)cc1)C(C#N)=C(N)O2. The first kappa shape index (κ1) is 18.7. The molecular formula is C25H22N6O. The number of aromatic amines is 2. The maximum atomic E-state index is 9.77. The van der Waals surface area contributed by atoms with Crippen LogP contribution >= 0.6 is 0 Å². The molecule has 2 atom stereocenters. The number of hydrogen-bond donors (Lipinski definition) is 4. The zero-order valence-electron chi connectivity index (χ0n) is 17.6. The Morgan fingerprint density at radius 2 is 1.91 bits per heavy atom. The van der Waals surface area contributed by atoms with Gasteiger partial charge in [0.1, 0.15) is 11.6 Å². The van der Waals surface area contributed by atoms with Crippen LogP contribution in [0.25, 0.3) is 10.9 Å². The molecule has 7 heteroatoms. The maximum Gasteiger partial charge on any atom is 0.244 e. The van der Waals surface area contributed by atoms with Crippen LogP contribution in [-0.4, -0.2) is 21.7 Å². The number of allylic oxidation sites excluding steroid dienone is 1. The number of rotatable bonds is 2. The smallest absolute Gasteiger partial charge is 0.244 e. The summed E-state index contributed by atoms with van der Waals surface area (Å²) >= 11 is 0. The lowest BCUT2D eigenvalue weighted by atomic mass is 9.83. The van der Waals surface area contributed by atoms with Gasteiger partial charge in [-0.05, 0) is 36.1 Å². The summed E-state index contributed by atoms with van der Waals surface area (Å²) in [7, 11) is 0. The number of benzene rings is 2. The topological polar surface area (TPSA) is 116 Å². The molecule has 2 aliphatic heterocycles. The van der Waals surface area contributed by atoms with Crippen molar-refractivity contribution in [1.29, 1.82) is 5.26 Å². The van der Waals surface area contributed by atoms with Gasteiger partial charge in [-0.3, -0.25) is 5.10 Å². The highest BCUT2D eigenvalue weighted by Gasteiger charge is 2.34. The Labute approximate surface area is 184 Å². The average Bonchev–Trinajstić information content (AvgIpc) is 3.38. The van der Waals surface area contributed by atoms with Gasteiger partial charge in [-0.25, -0.2) is 0 Å². The van der Waals surface area contributed by atoms with Crippen LogP contribution in [0.15, 0.2) is 60.0 Å². The third-order valence-electron chi connectivity index (χ3n) is 6.59. The summed E-state index contributed by atoms with van der Waals surface area (Å²) in [6, 6.07) is 19.2. The lowest BCUT2D eigenvalue weighted by molar-refractivity contribution is 0.379. The Kier molecular flexibility index (Phi) is 4.10. The van der Waals surface area contributed by atoms with Crippen LogP contribution in [0.2, 0.25) is 0 Å². The quantitative estimate of drug-likeness (QED) is 0.394. The third kappa shape index (κ3) is 2.67. The molecule has 0 spiro atoms. The van der Waals surface area contributed by atoms with E-state index in [2.05, 4.69) is 75.1 Å². The molecule has 4 aromatic rings. The van der Waals surface area contributed by atoms with E-state index in [1.54, 1.807) is 0 Å². The van der Waals surface area contributed by atoms with Crippen molar-refractivity contribution >= 4 is 10.9 Å². The minimum Gasteiger partial charge on any atom is -0.420 e. The number of aromatic nitrogens is 3. The van der Waals surface area contributed by atoms with Crippen LogP contribution in [0.4, 0.5) is 0 Å². The third-order valence-corrected chi connectivity index (χ3v) is 6.59. The van der Waals surface area contributed by atoms with Gasteiger partial charge in [0, 0.05) is 34.4 Å². The van der Waals surface area contributed by atoms with E-state index in [1.807, 2.05) is 6.92 Å². The highest BCUT2D eigenvalue weighted by Crippen LogP contribution is 2.43. The van der Waals surface area contributed by atoms with Crippen molar-refractivity contribution in [3.05, 3.63) is 93.6 Å². The number of para-hydroxylation sites is 1. The summed E-state index contributed by atoms with van der Waals surface area (Å²) in [6.45, 7) is 2.85.